The first kappa shape index (κ1) is 34.1. The molecule has 1 aromatic heterocycles. The SMILES string of the molecule is c1ccc(-c2cccc(N(c3ccc(-c4ccc(-n5c6ccccc6c6ccccc65)cc4)c(-c4ccccc4)c3)c3cc4c5c(cccc5c3)-c3ccccc3-4)c2)cc1. The Morgan fingerprint density at radius 1 is 0.283 bits per heavy atom. The number of nitrogens with zero attached hydrogens (tertiary/aromatic N) is 2. The van der Waals surface area contributed by atoms with Gasteiger partial charge in [0.15, 0.2) is 0 Å². The van der Waals surface area contributed by atoms with Crippen LogP contribution in [0.25, 0.3) is 93.9 Å². The number of hydrogen-bond donors (Lipinski definition) is 0. The molecule has 60 heavy (non-hydrogen) atoms. The second-order valence-corrected chi connectivity index (χ2v) is 15.7. The van der Waals surface area contributed by atoms with Gasteiger partial charge in [-0.2, -0.15) is 0 Å². The van der Waals surface area contributed by atoms with Crippen LogP contribution in [-0.4, -0.2) is 4.57 Å². The van der Waals surface area contributed by atoms with Crippen LogP contribution >= 0.6 is 0 Å². The summed E-state index contributed by atoms with van der Waals surface area (Å²) in [5.41, 5.74) is 19.2. The van der Waals surface area contributed by atoms with Crippen LogP contribution in [0.15, 0.2) is 231 Å². The topological polar surface area (TPSA) is 8.17 Å². The Balaban J connectivity index is 1.04. The molecule has 0 aliphatic heterocycles. The maximum Gasteiger partial charge on any atom is 0.0541 e. The Labute approximate surface area is 349 Å². The average molecular weight is 763 g/mol. The van der Waals surface area contributed by atoms with Crippen molar-refractivity contribution in [3.63, 3.8) is 0 Å². The molecule has 0 amide bonds. The predicted molar refractivity (Wildman–Crippen MR) is 254 cm³/mol. The molecule has 1 aliphatic carbocycles. The number of benzene rings is 10. The highest BCUT2D eigenvalue weighted by Gasteiger charge is 2.24. The zero-order valence-corrected chi connectivity index (χ0v) is 32.8. The lowest BCUT2D eigenvalue weighted by atomic mass is 9.93. The molecule has 0 saturated heterocycles. The van der Waals surface area contributed by atoms with E-state index >= 15 is 0 Å². The molecule has 0 unspecified atom stereocenters. The minimum atomic E-state index is 1.10. The molecule has 2 heteroatoms. The van der Waals surface area contributed by atoms with Crippen LogP contribution in [0.5, 0.6) is 0 Å². The zero-order valence-electron chi connectivity index (χ0n) is 32.8. The molecule has 0 fully saturated rings. The molecule has 1 aliphatic rings. The van der Waals surface area contributed by atoms with Gasteiger partial charge in [0.1, 0.15) is 0 Å². The highest BCUT2D eigenvalue weighted by Crippen LogP contribution is 2.51. The summed E-state index contributed by atoms with van der Waals surface area (Å²) in [6.45, 7) is 0. The van der Waals surface area contributed by atoms with E-state index in [4.69, 9.17) is 0 Å². The number of rotatable bonds is 7. The van der Waals surface area contributed by atoms with Gasteiger partial charge in [-0.1, -0.05) is 170 Å². The van der Waals surface area contributed by atoms with E-state index in [1.807, 2.05) is 0 Å². The van der Waals surface area contributed by atoms with Gasteiger partial charge >= 0.3 is 0 Å². The van der Waals surface area contributed by atoms with Crippen molar-refractivity contribution >= 4 is 49.6 Å². The van der Waals surface area contributed by atoms with Gasteiger partial charge in [0, 0.05) is 33.5 Å². The van der Waals surface area contributed by atoms with E-state index in [0.717, 1.165) is 22.7 Å². The van der Waals surface area contributed by atoms with Crippen molar-refractivity contribution < 1.29 is 0 Å². The molecule has 0 saturated carbocycles. The fourth-order valence-electron chi connectivity index (χ4n) is 9.60. The highest BCUT2D eigenvalue weighted by molar-refractivity contribution is 6.17. The van der Waals surface area contributed by atoms with Crippen LogP contribution in [0.3, 0.4) is 0 Å². The lowest BCUT2D eigenvalue weighted by Crippen LogP contribution is -2.10. The fraction of sp³-hybridized carbons (Fsp3) is 0. The molecule has 0 radical (unpaired) electrons. The smallest absolute Gasteiger partial charge is 0.0541 e. The summed E-state index contributed by atoms with van der Waals surface area (Å²) in [6.07, 6.45) is 0. The molecule has 0 bridgehead atoms. The second kappa shape index (κ2) is 13.9. The third-order valence-electron chi connectivity index (χ3n) is 12.3. The van der Waals surface area contributed by atoms with E-state index in [1.165, 1.54) is 88.2 Å². The zero-order chi connectivity index (χ0) is 39.6. The van der Waals surface area contributed by atoms with Crippen molar-refractivity contribution in [3.8, 4) is 61.3 Å². The van der Waals surface area contributed by atoms with Crippen LogP contribution in [0.2, 0.25) is 0 Å². The molecule has 0 atom stereocenters. The lowest BCUT2D eigenvalue weighted by molar-refractivity contribution is 1.18. The van der Waals surface area contributed by atoms with Crippen LogP contribution < -0.4 is 4.90 Å². The monoisotopic (exact) mass is 762 g/mol. The van der Waals surface area contributed by atoms with Crippen molar-refractivity contribution in [1.29, 1.82) is 0 Å². The average Bonchev–Trinajstić information content (AvgIpc) is 3.83. The quantitative estimate of drug-likeness (QED) is 0.157. The van der Waals surface area contributed by atoms with Crippen molar-refractivity contribution in [3.05, 3.63) is 231 Å². The number of aromatic nitrogens is 1. The van der Waals surface area contributed by atoms with Gasteiger partial charge < -0.3 is 9.47 Å². The van der Waals surface area contributed by atoms with E-state index in [9.17, 15) is 0 Å². The van der Waals surface area contributed by atoms with Gasteiger partial charge in [0.2, 0.25) is 0 Å². The van der Waals surface area contributed by atoms with Gasteiger partial charge in [-0.25, -0.2) is 0 Å². The lowest BCUT2D eigenvalue weighted by Gasteiger charge is -2.28. The van der Waals surface area contributed by atoms with Crippen LogP contribution in [0, 0.1) is 0 Å². The maximum absolute atomic E-state index is 2.44. The molecule has 12 rings (SSSR count). The number of para-hydroxylation sites is 2. The van der Waals surface area contributed by atoms with E-state index in [2.05, 4.69) is 240 Å². The molecule has 280 valence electrons. The molecule has 2 nitrogen and oxygen atoms in total. The fourth-order valence-corrected chi connectivity index (χ4v) is 9.60. The van der Waals surface area contributed by atoms with E-state index in [1.54, 1.807) is 0 Å². The molecule has 1 heterocycles. The molecule has 11 aromatic rings. The van der Waals surface area contributed by atoms with Crippen molar-refractivity contribution in [2.75, 3.05) is 4.90 Å². The van der Waals surface area contributed by atoms with Crippen molar-refractivity contribution in [2.24, 2.45) is 0 Å². The minimum absolute atomic E-state index is 1.10. The normalized spacial score (nSPS) is 11.7. The molecular formula is C58H38N2. The second-order valence-electron chi connectivity index (χ2n) is 15.7. The van der Waals surface area contributed by atoms with Crippen LogP contribution in [-0.2, 0) is 0 Å². The summed E-state index contributed by atoms with van der Waals surface area (Å²) in [6, 6.07) is 84.3. The third kappa shape index (κ3) is 5.50. The summed E-state index contributed by atoms with van der Waals surface area (Å²) >= 11 is 0. The number of fused-ring (bicyclic) bond motifs is 6. The number of hydrogen-bond acceptors (Lipinski definition) is 1. The Bertz CT molecular complexity index is 3360. The first-order chi connectivity index (χ1) is 29.8. The standard InChI is InChI=1S/C58H38N2/c1-3-15-39(16-4-1)42-19-13-21-45(35-42)59(47-36-43-20-14-26-53-49-22-7-8-23-50(49)55(38-47)58(43)53)46-33-34-48(54(37-46)40-17-5-2-6-18-40)41-29-31-44(32-30-41)60-56-27-11-9-24-51(56)52-25-10-12-28-57(52)60/h1-38H. The molecule has 0 spiro atoms. The van der Waals surface area contributed by atoms with E-state index in [-0.39, 0.29) is 0 Å². The predicted octanol–water partition coefficient (Wildman–Crippen LogP) is 16.1. The first-order valence-electron chi connectivity index (χ1n) is 20.7. The van der Waals surface area contributed by atoms with Crippen molar-refractivity contribution in [1.82, 2.24) is 4.57 Å². The summed E-state index contributed by atoms with van der Waals surface area (Å²) in [5.74, 6) is 0. The molecule has 10 aromatic carbocycles. The maximum atomic E-state index is 2.44. The van der Waals surface area contributed by atoms with Crippen molar-refractivity contribution in [2.45, 2.75) is 0 Å². The van der Waals surface area contributed by atoms with Crippen LogP contribution in [0.1, 0.15) is 0 Å². The Morgan fingerprint density at radius 2 is 0.833 bits per heavy atom. The van der Waals surface area contributed by atoms with E-state index < -0.39 is 0 Å². The summed E-state index contributed by atoms with van der Waals surface area (Å²) in [4.78, 5) is 2.44. The Kier molecular flexibility index (Phi) is 7.89. The summed E-state index contributed by atoms with van der Waals surface area (Å²) in [7, 11) is 0. The highest BCUT2D eigenvalue weighted by atomic mass is 15.1. The van der Waals surface area contributed by atoms with Gasteiger partial charge in [-0.15, -0.1) is 0 Å². The summed E-state index contributed by atoms with van der Waals surface area (Å²) in [5, 5.41) is 5.10. The number of anilines is 3. The molecular weight excluding hydrogens is 725 g/mol. The first-order valence-corrected chi connectivity index (χ1v) is 20.7. The van der Waals surface area contributed by atoms with E-state index in [0.29, 0.717) is 0 Å². The van der Waals surface area contributed by atoms with Gasteiger partial charge in [0.05, 0.1) is 11.0 Å². The Morgan fingerprint density at radius 3 is 1.57 bits per heavy atom. The van der Waals surface area contributed by atoms with Gasteiger partial charge in [0.25, 0.3) is 0 Å². The third-order valence-corrected chi connectivity index (χ3v) is 12.3. The van der Waals surface area contributed by atoms with Crippen LogP contribution in [0.4, 0.5) is 17.1 Å². The Hall–Kier alpha value is -7.94. The largest absolute Gasteiger partial charge is 0.310 e. The minimum Gasteiger partial charge on any atom is -0.310 e. The van der Waals surface area contributed by atoms with Gasteiger partial charge in [-0.05, 0) is 127 Å². The van der Waals surface area contributed by atoms with Gasteiger partial charge in [-0.3, -0.25) is 0 Å². The molecule has 0 N–H and O–H groups in total. The summed E-state index contributed by atoms with van der Waals surface area (Å²) < 4.78 is 2.38.